The van der Waals surface area contributed by atoms with Crippen LogP contribution in [0.2, 0.25) is 0 Å². The highest BCUT2D eigenvalue weighted by Crippen LogP contribution is 2.15. The fourth-order valence-electron chi connectivity index (χ4n) is 2.18. The first-order valence-corrected chi connectivity index (χ1v) is 8.04. The van der Waals surface area contributed by atoms with Crippen molar-refractivity contribution in [1.82, 2.24) is 5.32 Å². The second-order valence-electron chi connectivity index (χ2n) is 4.87. The van der Waals surface area contributed by atoms with Gasteiger partial charge in [0.25, 0.3) is 0 Å². The minimum absolute atomic E-state index is 0.0875. The van der Waals surface area contributed by atoms with Crippen molar-refractivity contribution >= 4 is 17.2 Å². The number of carbonyl (C=O) groups excluding carboxylic acids is 1. The maximum Gasteiger partial charge on any atom is 0.220 e. The van der Waals surface area contributed by atoms with Crippen LogP contribution in [0.1, 0.15) is 29.4 Å². The van der Waals surface area contributed by atoms with Gasteiger partial charge in [0.05, 0.1) is 6.10 Å². The predicted molar refractivity (Wildman–Crippen MR) is 86.5 cm³/mol. The maximum absolute atomic E-state index is 11.9. The third-order valence-electron chi connectivity index (χ3n) is 3.35. The van der Waals surface area contributed by atoms with Gasteiger partial charge < -0.3 is 10.1 Å². The van der Waals surface area contributed by atoms with Crippen molar-refractivity contribution in [3.63, 3.8) is 0 Å². The van der Waals surface area contributed by atoms with Gasteiger partial charge in [0.2, 0.25) is 5.91 Å². The van der Waals surface area contributed by atoms with Gasteiger partial charge in [-0.1, -0.05) is 36.4 Å². The summed E-state index contributed by atoms with van der Waals surface area (Å²) in [5, 5.41) is 5.02. The average Bonchev–Trinajstić information content (AvgIpc) is 3.02. The SMILES string of the molecule is COC(CNC(=O)CCCc1cccs1)c1ccccc1. The summed E-state index contributed by atoms with van der Waals surface area (Å²) in [6, 6.07) is 14.1. The number of rotatable bonds is 8. The highest BCUT2D eigenvalue weighted by atomic mass is 32.1. The molecule has 2 rings (SSSR count). The van der Waals surface area contributed by atoms with Crippen LogP contribution >= 0.6 is 11.3 Å². The summed E-state index contributed by atoms with van der Waals surface area (Å²) >= 11 is 1.74. The van der Waals surface area contributed by atoms with Crippen LogP contribution in [0.25, 0.3) is 0 Å². The van der Waals surface area contributed by atoms with Crippen molar-refractivity contribution in [2.45, 2.75) is 25.4 Å². The van der Waals surface area contributed by atoms with E-state index in [0.717, 1.165) is 18.4 Å². The summed E-state index contributed by atoms with van der Waals surface area (Å²) in [4.78, 5) is 13.2. The molecule has 3 nitrogen and oxygen atoms in total. The molecule has 1 aromatic carbocycles. The molecule has 0 aliphatic rings. The molecule has 21 heavy (non-hydrogen) atoms. The fraction of sp³-hybridized carbons (Fsp3) is 0.353. The quantitative estimate of drug-likeness (QED) is 0.809. The van der Waals surface area contributed by atoms with E-state index in [2.05, 4.69) is 16.8 Å². The standard InChI is InChI=1S/C17H21NO2S/c1-20-16(14-7-3-2-4-8-14)13-18-17(19)11-5-9-15-10-6-12-21-15/h2-4,6-8,10,12,16H,5,9,11,13H2,1H3,(H,18,19). The number of thiophene rings is 1. The average molecular weight is 303 g/mol. The van der Waals surface area contributed by atoms with E-state index in [1.165, 1.54) is 4.88 Å². The molecule has 0 fully saturated rings. The smallest absolute Gasteiger partial charge is 0.220 e. The summed E-state index contributed by atoms with van der Waals surface area (Å²) in [7, 11) is 1.67. The third kappa shape index (κ3) is 5.33. The van der Waals surface area contributed by atoms with Crippen LogP contribution in [-0.4, -0.2) is 19.6 Å². The highest BCUT2D eigenvalue weighted by molar-refractivity contribution is 7.09. The van der Waals surface area contributed by atoms with E-state index in [9.17, 15) is 4.79 Å². The number of hydrogen-bond donors (Lipinski definition) is 1. The number of benzene rings is 1. The van der Waals surface area contributed by atoms with Crippen LogP contribution in [0.3, 0.4) is 0 Å². The van der Waals surface area contributed by atoms with Crippen molar-refractivity contribution in [1.29, 1.82) is 0 Å². The normalized spacial score (nSPS) is 12.0. The first-order valence-electron chi connectivity index (χ1n) is 7.16. The van der Waals surface area contributed by atoms with E-state index < -0.39 is 0 Å². The number of ether oxygens (including phenoxy) is 1. The van der Waals surface area contributed by atoms with Gasteiger partial charge >= 0.3 is 0 Å². The lowest BCUT2D eigenvalue weighted by Gasteiger charge is -2.16. The molecule has 0 aliphatic heterocycles. The van der Waals surface area contributed by atoms with Crippen LogP contribution in [0.15, 0.2) is 47.8 Å². The van der Waals surface area contributed by atoms with Gasteiger partial charge in [-0.05, 0) is 29.9 Å². The number of methoxy groups -OCH3 is 1. The predicted octanol–water partition coefficient (Wildman–Crippen LogP) is 3.57. The molecule has 112 valence electrons. The molecule has 1 N–H and O–H groups in total. The van der Waals surface area contributed by atoms with Gasteiger partial charge in [-0.25, -0.2) is 0 Å². The van der Waals surface area contributed by atoms with Crippen molar-refractivity contribution in [3.8, 4) is 0 Å². The van der Waals surface area contributed by atoms with Gasteiger partial charge in [-0.3, -0.25) is 4.79 Å². The molecule has 1 heterocycles. The van der Waals surface area contributed by atoms with E-state index in [1.807, 2.05) is 36.4 Å². The first kappa shape index (κ1) is 15.7. The summed E-state index contributed by atoms with van der Waals surface area (Å²) in [5.41, 5.74) is 1.08. The topological polar surface area (TPSA) is 38.3 Å². The zero-order valence-corrected chi connectivity index (χ0v) is 13.1. The van der Waals surface area contributed by atoms with Crippen molar-refractivity contribution in [3.05, 3.63) is 58.3 Å². The Morgan fingerprint density at radius 2 is 2.05 bits per heavy atom. The maximum atomic E-state index is 11.9. The Hall–Kier alpha value is -1.65. The van der Waals surface area contributed by atoms with Crippen LogP contribution in [0, 0.1) is 0 Å². The molecule has 1 amide bonds. The van der Waals surface area contributed by atoms with Gasteiger partial charge in [0.15, 0.2) is 0 Å². The minimum atomic E-state index is -0.0903. The Bertz CT molecular complexity index is 525. The van der Waals surface area contributed by atoms with E-state index in [4.69, 9.17) is 4.74 Å². The van der Waals surface area contributed by atoms with Gasteiger partial charge in [0.1, 0.15) is 0 Å². The van der Waals surface area contributed by atoms with Crippen LogP contribution in [0.5, 0.6) is 0 Å². The van der Waals surface area contributed by atoms with Gasteiger partial charge in [0, 0.05) is 25.0 Å². The van der Waals surface area contributed by atoms with Crippen LogP contribution < -0.4 is 5.32 Å². The van der Waals surface area contributed by atoms with Crippen molar-refractivity contribution in [2.24, 2.45) is 0 Å². The number of nitrogens with one attached hydrogen (secondary N) is 1. The molecule has 0 radical (unpaired) electrons. The molecule has 0 saturated carbocycles. The molecule has 1 atom stereocenters. The minimum Gasteiger partial charge on any atom is -0.375 e. The first-order chi connectivity index (χ1) is 10.3. The van der Waals surface area contributed by atoms with Crippen molar-refractivity contribution in [2.75, 3.05) is 13.7 Å². The Morgan fingerprint density at radius 1 is 1.24 bits per heavy atom. The molecule has 1 aromatic heterocycles. The monoisotopic (exact) mass is 303 g/mol. The molecule has 0 aliphatic carbocycles. The van der Waals surface area contributed by atoms with Crippen LogP contribution in [0.4, 0.5) is 0 Å². The highest BCUT2D eigenvalue weighted by Gasteiger charge is 2.11. The lowest BCUT2D eigenvalue weighted by Crippen LogP contribution is -2.28. The third-order valence-corrected chi connectivity index (χ3v) is 4.28. The molecule has 1 unspecified atom stereocenters. The van der Waals surface area contributed by atoms with Gasteiger partial charge in [-0.15, -0.1) is 11.3 Å². The van der Waals surface area contributed by atoms with E-state index >= 15 is 0 Å². The summed E-state index contributed by atoms with van der Waals surface area (Å²) in [6.45, 7) is 0.512. The molecular formula is C17H21NO2S. The van der Waals surface area contributed by atoms with E-state index in [1.54, 1.807) is 18.4 Å². The Labute approximate surface area is 130 Å². The summed E-state index contributed by atoms with van der Waals surface area (Å²) in [6.07, 6.45) is 2.32. The summed E-state index contributed by atoms with van der Waals surface area (Å²) < 4.78 is 5.44. The van der Waals surface area contributed by atoms with E-state index in [0.29, 0.717) is 13.0 Å². The molecule has 0 spiro atoms. The molecule has 0 bridgehead atoms. The molecule has 0 saturated heterocycles. The van der Waals surface area contributed by atoms with Crippen molar-refractivity contribution < 1.29 is 9.53 Å². The Kier molecular flexibility index (Phi) is 6.44. The number of amides is 1. The second kappa shape index (κ2) is 8.60. The number of aryl methyl sites for hydroxylation is 1. The lowest BCUT2D eigenvalue weighted by atomic mass is 10.1. The second-order valence-corrected chi connectivity index (χ2v) is 5.90. The fourth-order valence-corrected chi connectivity index (χ4v) is 2.93. The largest absolute Gasteiger partial charge is 0.375 e. The van der Waals surface area contributed by atoms with Gasteiger partial charge in [-0.2, -0.15) is 0 Å². The summed E-state index contributed by atoms with van der Waals surface area (Å²) in [5.74, 6) is 0.0875. The Balaban J connectivity index is 1.70. The zero-order valence-electron chi connectivity index (χ0n) is 12.2. The van der Waals surface area contributed by atoms with E-state index in [-0.39, 0.29) is 12.0 Å². The molecule has 2 aromatic rings. The molecule has 4 heteroatoms. The lowest BCUT2D eigenvalue weighted by molar-refractivity contribution is -0.121. The zero-order chi connectivity index (χ0) is 14.9. The number of carbonyl (C=O) groups is 1. The number of hydrogen-bond acceptors (Lipinski definition) is 3. The molecular weight excluding hydrogens is 282 g/mol. The van der Waals surface area contributed by atoms with Crippen LogP contribution in [-0.2, 0) is 16.0 Å². The Morgan fingerprint density at radius 3 is 2.71 bits per heavy atom.